The average Bonchev–Trinajstić information content (AvgIpc) is 3.37. The maximum absolute atomic E-state index is 6.30. The molecule has 2 aromatic heterocycles. The number of hydrogen-bond acceptors (Lipinski definition) is 2. The lowest BCUT2D eigenvalue weighted by Crippen LogP contribution is -2.41. The van der Waals surface area contributed by atoms with Gasteiger partial charge < -0.3 is 13.7 Å². The van der Waals surface area contributed by atoms with Gasteiger partial charge in [-0.2, -0.15) is 0 Å². The van der Waals surface area contributed by atoms with Crippen LogP contribution in [0.1, 0.15) is 27.7 Å². The molecule has 6 aromatic rings. The van der Waals surface area contributed by atoms with Crippen LogP contribution >= 0.6 is 0 Å². The Morgan fingerprint density at radius 2 is 1.38 bits per heavy atom. The highest BCUT2D eigenvalue weighted by Crippen LogP contribution is 2.41. The quantitative estimate of drug-likeness (QED) is 0.294. The first-order valence-electron chi connectivity index (χ1n) is 11.3. The zero-order valence-corrected chi connectivity index (χ0v) is 18.8. The first-order valence-corrected chi connectivity index (χ1v) is 11.3. The Labute approximate surface area is 187 Å². The van der Waals surface area contributed by atoms with Gasteiger partial charge in [-0.15, -0.1) is 0 Å². The van der Waals surface area contributed by atoms with E-state index in [2.05, 4.69) is 105 Å². The minimum Gasteiger partial charge on any atom is -0.399 e. The second-order valence-corrected chi connectivity index (χ2v) is 10.1. The molecule has 0 bridgehead atoms. The van der Waals surface area contributed by atoms with Crippen LogP contribution in [0.15, 0.2) is 72.8 Å². The van der Waals surface area contributed by atoms with Gasteiger partial charge in [0.25, 0.3) is 0 Å². The van der Waals surface area contributed by atoms with Crippen molar-refractivity contribution in [1.29, 1.82) is 0 Å². The first kappa shape index (κ1) is 18.5. The molecule has 32 heavy (non-hydrogen) atoms. The van der Waals surface area contributed by atoms with E-state index in [-0.39, 0.29) is 18.3 Å². The molecule has 0 saturated carbocycles. The molecule has 156 valence electrons. The number of rotatable bonds is 1. The highest BCUT2D eigenvalue weighted by atomic mass is 16.7. The van der Waals surface area contributed by atoms with E-state index < -0.39 is 0 Å². The topological polar surface area (TPSA) is 22.9 Å². The maximum Gasteiger partial charge on any atom is 0.494 e. The smallest absolute Gasteiger partial charge is 0.399 e. The van der Waals surface area contributed by atoms with Gasteiger partial charge in [-0.3, -0.25) is 0 Å². The van der Waals surface area contributed by atoms with E-state index in [9.17, 15) is 0 Å². The van der Waals surface area contributed by atoms with Crippen molar-refractivity contribution in [3.63, 3.8) is 0 Å². The molecule has 0 aliphatic carbocycles. The Balaban J connectivity index is 1.50. The Hall–Kier alpha value is -3.08. The summed E-state index contributed by atoms with van der Waals surface area (Å²) in [5.41, 5.74) is 4.22. The molecule has 7 rings (SSSR count). The molecule has 3 heterocycles. The first-order chi connectivity index (χ1) is 15.4. The van der Waals surface area contributed by atoms with Crippen molar-refractivity contribution in [3.05, 3.63) is 72.8 Å². The Bertz CT molecular complexity index is 1680. The lowest BCUT2D eigenvalue weighted by Gasteiger charge is -2.32. The summed E-state index contributed by atoms with van der Waals surface area (Å²) in [7, 11) is -0.348. The van der Waals surface area contributed by atoms with E-state index in [1.807, 2.05) is 0 Å². The molecule has 0 spiro atoms. The second kappa shape index (κ2) is 5.83. The standard InChI is InChI=1S/C28H24BNO2/c1-27(2)28(3,4)32-29(31-27)18-13-14-19-17(16-18)12-15-24-25(19)22-10-7-9-21-20-8-5-6-11-23(20)30(24)26(21)22/h5-16H,1-4H3. The summed E-state index contributed by atoms with van der Waals surface area (Å²) in [6, 6.07) is 26.5. The summed E-state index contributed by atoms with van der Waals surface area (Å²) in [6.45, 7) is 8.39. The van der Waals surface area contributed by atoms with Crippen molar-refractivity contribution in [3.8, 4) is 0 Å². The molecule has 1 aliphatic heterocycles. The van der Waals surface area contributed by atoms with E-state index in [4.69, 9.17) is 9.31 Å². The monoisotopic (exact) mass is 417 g/mol. The van der Waals surface area contributed by atoms with E-state index in [1.165, 1.54) is 48.9 Å². The van der Waals surface area contributed by atoms with Gasteiger partial charge in [-0.05, 0) is 56.1 Å². The number of aromatic nitrogens is 1. The zero-order chi connectivity index (χ0) is 21.8. The van der Waals surface area contributed by atoms with Crippen LogP contribution in [0.2, 0.25) is 0 Å². The van der Waals surface area contributed by atoms with Crippen molar-refractivity contribution < 1.29 is 9.31 Å². The van der Waals surface area contributed by atoms with Crippen LogP contribution in [-0.4, -0.2) is 22.7 Å². The highest BCUT2D eigenvalue weighted by Gasteiger charge is 2.51. The lowest BCUT2D eigenvalue weighted by molar-refractivity contribution is 0.00578. The van der Waals surface area contributed by atoms with Crippen LogP contribution in [-0.2, 0) is 9.31 Å². The maximum atomic E-state index is 6.30. The molecule has 4 heteroatoms. The third-order valence-electron chi connectivity index (χ3n) is 7.75. The molecule has 1 aliphatic rings. The summed E-state index contributed by atoms with van der Waals surface area (Å²) in [5, 5.41) is 7.73. The van der Waals surface area contributed by atoms with Crippen molar-refractivity contribution in [2.45, 2.75) is 38.9 Å². The number of para-hydroxylation sites is 2. The van der Waals surface area contributed by atoms with E-state index in [1.54, 1.807) is 0 Å². The molecular formula is C28H24BNO2. The molecule has 0 radical (unpaired) electrons. The second-order valence-electron chi connectivity index (χ2n) is 10.1. The van der Waals surface area contributed by atoms with Crippen molar-refractivity contribution in [1.82, 2.24) is 4.40 Å². The van der Waals surface area contributed by atoms with E-state index in [0.717, 1.165) is 5.46 Å². The molecule has 0 amide bonds. The minimum atomic E-state index is -0.348. The van der Waals surface area contributed by atoms with Crippen LogP contribution < -0.4 is 5.46 Å². The van der Waals surface area contributed by atoms with Gasteiger partial charge in [0.2, 0.25) is 0 Å². The van der Waals surface area contributed by atoms with Gasteiger partial charge in [0, 0.05) is 21.5 Å². The molecule has 3 nitrogen and oxygen atoms in total. The Kier molecular flexibility index (Phi) is 3.37. The van der Waals surface area contributed by atoms with Gasteiger partial charge >= 0.3 is 7.12 Å². The summed E-state index contributed by atoms with van der Waals surface area (Å²) in [4.78, 5) is 0. The van der Waals surface area contributed by atoms with E-state index >= 15 is 0 Å². The van der Waals surface area contributed by atoms with Crippen molar-refractivity contribution in [2.24, 2.45) is 0 Å². The molecular weight excluding hydrogens is 393 g/mol. The molecule has 1 fully saturated rings. The normalized spacial score (nSPS) is 18.2. The van der Waals surface area contributed by atoms with Crippen LogP contribution in [0.3, 0.4) is 0 Å². The number of fused-ring (bicyclic) bond motifs is 8. The third-order valence-corrected chi connectivity index (χ3v) is 7.75. The van der Waals surface area contributed by atoms with Crippen LogP contribution in [0.5, 0.6) is 0 Å². The summed E-state index contributed by atoms with van der Waals surface area (Å²) >= 11 is 0. The van der Waals surface area contributed by atoms with Crippen molar-refractivity contribution in [2.75, 3.05) is 0 Å². The highest BCUT2D eigenvalue weighted by molar-refractivity contribution is 6.62. The van der Waals surface area contributed by atoms with Gasteiger partial charge in [-0.25, -0.2) is 0 Å². The minimum absolute atomic E-state index is 0.342. The number of nitrogens with zero attached hydrogens (tertiary/aromatic N) is 1. The molecule has 0 atom stereocenters. The Morgan fingerprint density at radius 3 is 2.19 bits per heavy atom. The Morgan fingerprint density at radius 1 is 0.656 bits per heavy atom. The summed E-state index contributed by atoms with van der Waals surface area (Å²) in [5.74, 6) is 0. The van der Waals surface area contributed by atoms with E-state index in [0.29, 0.717) is 0 Å². The third kappa shape index (κ3) is 2.19. The van der Waals surface area contributed by atoms with Gasteiger partial charge in [0.1, 0.15) is 0 Å². The van der Waals surface area contributed by atoms with Crippen LogP contribution in [0.25, 0.3) is 48.9 Å². The van der Waals surface area contributed by atoms with Crippen molar-refractivity contribution >= 4 is 61.4 Å². The largest absolute Gasteiger partial charge is 0.494 e. The molecule has 0 N–H and O–H groups in total. The van der Waals surface area contributed by atoms with Crippen LogP contribution in [0, 0.1) is 0 Å². The van der Waals surface area contributed by atoms with Gasteiger partial charge in [-0.1, -0.05) is 60.7 Å². The summed E-state index contributed by atoms with van der Waals surface area (Å²) < 4.78 is 15.0. The predicted octanol–water partition coefficient (Wildman–Crippen LogP) is 6.29. The fraction of sp³-hybridized carbons (Fsp3) is 0.214. The van der Waals surface area contributed by atoms with Gasteiger partial charge in [0.05, 0.1) is 27.8 Å². The predicted molar refractivity (Wildman–Crippen MR) is 134 cm³/mol. The SMILES string of the molecule is CC1(C)OB(c2ccc3c(ccc4c3c3cccc5c6ccccc6n4c53)c2)OC1(C)C. The summed E-state index contributed by atoms with van der Waals surface area (Å²) in [6.07, 6.45) is 0. The fourth-order valence-corrected chi connectivity index (χ4v) is 5.40. The zero-order valence-electron chi connectivity index (χ0n) is 18.8. The van der Waals surface area contributed by atoms with Crippen LogP contribution in [0.4, 0.5) is 0 Å². The lowest BCUT2D eigenvalue weighted by atomic mass is 9.78. The molecule has 0 unspecified atom stereocenters. The molecule has 4 aromatic carbocycles. The number of benzene rings is 4. The van der Waals surface area contributed by atoms with Gasteiger partial charge in [0.15, 0.2) is 0 Å². The average molecular weight is 417 g/mol. The fourth-order valence-electron chi connectivity index (χ4n) is 5.40. The molecule has 1 saturated heterocycles. The number of hydrogen-bond donors (Lipinski definition) is 0.